The first-order valence-corrected chi connectivity index (χ1v) is 9.30. The SMILES string of the molecule is COC(=O)C[C@@]1(C(=O)OC)N[C@H](c2cc(C)c(C)s2)[C@@H]2C(=O)N(C)C(=O)[C@@H]21. The van der Waals surface area contributed by atoms with Crippen molar-refractivity contribution in [2.75, 3.05) is 21.3 Å². The van der Waals surface area contributed by atoms with Crippen LogP contribution in [0.4, 0.5) is 0 Å². The molecule has 0 aliphatic carbocycles. The maximum absolute atomic E-state index is 12.9. The first-order chi connectivity index (χ1) is 12.7. The highest BCUT2D eigenvalue weighted by Crippen LogP contribution is 2.51. The van der Waals surface area contributed by atoms with Crippen molar-refractivity contribution in [2.24, 2.45) is 11.8 Å². The van der Waals surface area contributed by atoms with E-state index in [0.29, 0.717) is 0 Å². The number of nitrogens with one attached hydrogen (secondary N) is 1. The van der Waals surface area contributed by atoms with E-state index in [2.05, 4.69) is 5.32 Å². The first kappa shape index (κ1) is 19.5. The molecule has 0 aromatic carbocycles. The predicted octanol–water partition coefficient (Wildman–Crippen LogP) is 0.715. The van der Waals surface area contributed by atoms with E-state index in [1.54, 1.807) is 0 Å². The van der Waals surface area contributed by atoms with Crippen molar-refractivity contribution in [2.45, 2.75) is 31.8 Å². The molecule has 2 amide bonds. The average molecular weight is 394 g/mol. The topological polar surface area (TPSA) is 102 Å². The Morgan fingerprint density at radius 1 is 1.22 bits per heavy atom. The number of likely N-dealkylation sites (tertiary alicyclic amines) is 1. The van der Waals surface area contributed by atoms with E-state index >= 15 is 0 Å². The van der Waals surface area contributed by atoms with Gasteiger partial charge in [-0.05, 0) is 25.5 Å². The molecule has 27 heavy (non-hydrogen) atoms. The number of aryl methyl sites for hydroxylation is 2. The quantitative estimate of drug-likeness (QED) is 0.593. The number of thiophene rings is 1. The van der Waals surface area contributed by atoms with E-state index < -0.39 is 47.7 Å². The van der Waals surface area contributed by atoms with Gasteiger partial charge in [-0.15, -0.1) is 11.3 Å². The number of rotatable bonds is 4. The molecule has 0 unspecified atom stereocenters. The standard InChI is InChI=1S/C18H22N2O6S/c1-8-6-10(27-9(8)2)14-12-13(16(23)20(3)15(12)22)18(19-14,17(24)26-5)7-11(21)25-4/h6,12-14,19H,7H2,1-5H3/t12-,13-,14-,18-/m1/s1. The van der Waals surface area contributed by atoms with Crippen molar-refractivity contribution in [1.29, 1.82) is 0 Å². The van der Waals surface area contributed by atoms with Crippen LogP contribution >= 0.6 is 11.3 Å². The van der Waals surface area contributed by atoms with E-state index in [-0.39, 0.29) is 5.91 Å². The van der Waals surface area contributed by atoms with Crippen LogP contribution in [0.15, 0.2) is 6.07 Å². The molecule has 4 atom stereocenters. The number of methoxy groups -OCH3 is 2. The van der Waals surface area contributed by atoms with Gasteiger partial charge in [-0.2, -0.15) is 0 Å². The molecule has 3 heterocycles. The lowest BCUT2D eigenvalue weighted by atomic mass is 9.78. The fourth-order valence-corrected chi connectivity index (χ4v) is 5.19. The van der Waals surface area contributed by atoms with Crippen LogP contribution in [-0.2, 0) is 28.7 Å². The molecule has 1 aromatic rings. The van der Waals surface area contributed by atoms with Crippen LogP contribution in [0.3, 0.4) is 0 Å². The summed E-state index contributed by atoms with van der Waals surface area (Å²) in [6, 6.07) is 1.37. The van der Waals surface area contributed by atoms with Crippen molar-refractivity contribution < 1.29 is 28.7 Å². The van der Waals surface area contributed by atoms with Gasteiger partial charge in [0.1, 0.15) is 5.54 Å². The smallest absolute Gasteiger partial charge is 0.327 e. The highest BCUT2D eigenvalue weighted by atomic mass is 32.1. The Bertz CT molecular complexity index is 814. The van der Waals surface area contributed by atoms with Crippen LogP contribution in [0.25, 0.3) is 0 Å². The molecule has 146 valence electrons. The first-order valence-electron chi connectivity index (χ1n) is 8.49. The van der Waals surface area contributed by atoms with Gasteiger partial charge >= 0.3 is 11.9 Å². The van der Waals surface area contributed by atoms with Gasteiger partial charge in [0, 0.05) is 16.8 Å². The van der Waals surface area contributed by atoms with E-state index in [9.17, 15) is 19.2 Å². The molecule has 8 nitrogen and oxygen atoms in total. The maximum Gasteiger partial charge on any atom is 0.327 e. The fraction of sp³-hybridized carbons (Fsp3) is 0.556. The molecule has 2 aliphatic rings. The summed E-state index contributed by atoms with van der Waals surface area (Å²) in [6.45, 7) is 3.92. The third-order valence-electron chi connectivity index (χ3n) is 5.57. The third-order valence-corrected chi connectivity index (χ3v) is 6.80. The van der Waals surface area contributed by atoms with E-state index in [1.165, 1.54) is 32.6 Å². The molecule has 0 spiro atoms. The molecule has 3 rings (SSSR count). The zero-order valence-corrected chi connectivity index (χ0v) is 16.6. The van der Waals surface area contributed by atoms with Crippen LogP contribution in [0, 0.1) is 25.7 Å². The second-order valence-corrected chi connectivity index (χ2v) is 8.25. The second kappa shape index (κ2) is 6.72. The second-order valence-electron chi connectivity index (χ2n) is 6.96. The number of hydrogen-bond donors (Lipinski definition) is 1. The number of hydrogen-bond acceptors (Lipinski definition) is 8. The van der Waals surface area contributed by atoms with E-state index in [4.69, 9.17) is 9.47 Å². The number of esters is 2. The van der Waals surface area contributed by atoms with Crippen molar-refractivity contribution in [3.05, 3.63) is 21.4 Å². The normalized spacial score (nSPS) is 29.8. The van der Waals surface area contributed by atoms with Crippen LogP contribution in [0.1, 0.15) is 27.8 Å². The molecule has 9 heteroatoms. The van der Waals surface area contributed by atoms with Crippen LogP contribution in [0.5, 0.6) is 0 Å². The summed E-state index contributed by atoms with van der Waals surface area (Å²) in [5.41, 5.74) is -0.595. The molecule has 0 bridgehead atoms. The lowest BCUT2D eigenvalue weighted by molar-refractivity contribution is -0.159. The monoisotopic (exact) mass is 394 g/mol. The van der Waals surface area contributed by atoms with Gasteiger partial charge in [0.05, 0.1) is 38.5 Å². The van der Waals surface area contributed by atoms with Gasteiger partial charge in [-0.1, -0.05) is 0 Å². The number of amides is 2. The lowest BCUT2D eigenvalue weighted by Crippen LogP contribution is -2.57. The van der Waals surface area contributed by atoms with Crippen LogP contribution in [0.2, 0.25) is 0 Å². The summed E-state index contributed by atoms with van der Waals surface area (Å²) in [4.78, 5) is 53.5. The largest absolute Gasteiger partial charge is 0.469 e. The molecule has 2 fully saturated rings. The van der Waals surface area contributed by atoms with Crippen LogP contribution in [-0.4, -0.2) is 55.5 Å². The molecular formula is C18H22N2O6S. The summed E-state index contributed by atoms with van der Waals surface area (Å²) in [5, 5.41) is 3.13. The average Bonchev–Trinajstić information content (AvgIpc) is 3.23. The predicted molar refractivity (Wildman–Crippen MR) is 95.8 cm³/mol. The number of carbonyl (C=O) groups excluding carboxylic acids is 4. The Hall–Kier alpha value is -2.26. The number of imide groups is 1. The Morgan fingerprint density at radius 2 is 1.89 bits per heavy atom. The summed E-state index contributed by atoms with van der Waals surface area (Å²) >= 11 is 1.50. The van der Waals surface area contributed by atoms with Crippen molar-refractivity contribution >= 4 is 35.1 Å². The molecule has 1 aromatic heterocycles. The van der Waals surface area contributed by atoms with Gasteiger partial charge in [0.15, 0.2) is 0 Å². The highest BCUT2D eigenvalue weighted by Gasteiger charge is 2.69. The van der Waals surface area contributed by atoms with Crippen molar-refractivity contribution in [3.8, 4) is 0 Å². The number of nitrogens with zero attached hydrogens (tertiary/aromatic N) is 1. The third kappa shape index (κ3) is 2.76. The van der Waals surface area contributed by atoms with Crippen molar-refractivity contribution in [1.82, 2.24) is 10.2 Å². The molecule has 0 radical (unpaired) electrons. The Labute approximate surface area is 160 Å². The van der Waals surface area contributed by atoms with Gasteiger partial charge in [-0.3, -0.25) is 29.4 Å². The molecule has 1 N–H and O–H groups in total. The van der Waals surface area contributed by atoms with Gasteiger partial charge in [-0.25, -0.2) is 0 Å². The summed E-state index contributed by atoms with van der Waals surface area (Å²) in [6.07, 6.45) is -0.399. The van der Waals surface area contributed by atoms with Crippen LogP contribution < -0.4 is 5.32 Å². The van der Waals surface area contributed by atoms with E-state index in [0.717, 1.165) is 20.2 Å². The summed E-state index contributed by atoms with van der Waals surface area (Å²) in [5.74, 6) is -4.12. The number of fused-ring (bicyclic) bond motifs is 1. The number of ether oxygens (including phenoxy) is 2. The molecule has 2 aliphatic heterocycles. The lowest BCUT2D eigenvalue weighted by Gasteiger charge is -2.30. The van der Waals surface area contributed by atoms with Gasteiger partial charge < -0.3 is 9.47 Å². The van der Waals surface area contributed by atoms with Crippen molar-refractivity contribution in [3.63, 3.8) is 0 Å². The maximum atomic E-state index is 12.9. The molecule has 0 saturated carbocycles. The van der Waals surface area contributed by atoms with Gasteiger partial charge in [0.25, 0.3) is 0 Å². The summed E-state index contributed by atoms with van der Waals surface area (Å²) in [7, 11) is 3.79. The Balaban J connectivity index is 2.16. The summed E-state index contributed by atoms with van der Waals surface area (Å²) < 4.78 is 9.67. The minimum Gasteiger partial charge on any atom is -0.469 e. The molecular weight excluding hydrogens is 372 g/mol. The van der Waals surface area contributed by atoms with E-state index in [1.807, 2.05) is 19.9 Å². The molecule has 2 saturated heterocycles. The highest BCUT2D eigenvalue weighted by molar-refractivity contribution is 7.12. The Kier molecular flexibility index (Phi) is 4.85. The zero-order valence-electron chi connectivity index (χ0n) is 15.8. The zero-order chi connectivity index (χ0) is 20.1. The number of carbonyl (C=O) groups is 4. The minimum absolute atomic E-state index is 0.373. The minimum atomic E-state index is -1.65. The fourth-order valence-electron chi connectivity index (χ4n) is 4.05. The Morgan fingerprint density at radius 3 is 2.41 bits per heavy atom. The van der Waals surface area contributed by atoms with Gasteiger partial charge in [0.2, 0.25) is 11.8 Å².